The van der Waals surface area contributed by atoms with E-state index in [9.17, 15) is 85.9 Å². The normalized spacial score (nSPS) is 28.0. The molecule has 3 saturated heterocycles. The van der Waals surface area contributed by atoms with Crippen molar-refractivity contribution in [2.75, 3.05) is 47.0 Å². The summed E-state index contributed by atoms with van der Waals surface area (Å²) in [4.78, 5) is 143. The minimum absolute atomic E-state index is 0.0341. The molecule has 17 bridgehead atoms. The van der Waals surface area contributed by atoms with Crippen molar-refractivity contribution in [3.8, 4) is 80.1 Å². The Kier molecular flexibility index (Phi) is 33.5. The summed E-state index contributed by atoms with van der Waals surface area (Å²) in [5, 5.41) is 184. The number of halogens is 2. The summed E-state index contributed by atoms with van der Waals surface area (Å²) >= 11 is 14.9. The van der Waals surface area contributed by atoms with Crippen molar-refractivity contribution >= 4 is 76.4 Å². The van der Waals surface area contributed by atoms with Crippen LogP contribution >= 0.6 is 23.2 Å². The number of carbonyl (C=O) groups is 9. The van der Waals surface area contributed by atoms with Gasteiger partial charge in [-0.05, 0) is 164 Å². The number of nitrogens with one attached hydrogen (secondary N) is 9. The van der Waals surface area contributed by atoms with E-state index in [1.54, 1.807) is 0 Å². The van der Waals surface area contributed by atoms with E-state index < -0.39 is 304 Å². The van der Waals surface area contributed by atoms with Crippen molar-refractivity contribution in [2.45, 2.75) is 225 Å². The first kappa shape index (κ1) is 104. The molecular weight excluding hydrogens is 1880 g/mol. The highest BCUT2D eigenvalue weighted by molar-refractivity contribution is 6.32. The van der Waals surface area contributed by atoms with Crippen molar-refractivity contribution < 1.29 is 157 Å². The standard InChI is InChI=1S/C95H113Cl2N11O32/c1-40(2)13-9-6-7-10-14-67(117)102-75-81(122)78(119)65(38-110)137-94(75)140-85-62-32-47-33-63(85)134-59-22-18-45(30-54(59)97)84(139-93-74(100-41(3)112)80(121)77(118)64(37-109)136-93)76-92(131)106-73(88(127)99-23-11-8-12-24-108(4)5)52-35-49(114)36-61(135-95-83(124)82(123)79(120)66(39-111)138-95)68(52)51-29-44(17-19-56(51)115)70(89(128)107-76)104-91(130)72(47)105-90(129)71-46-27-48(113)34-50(28-46)132-60-31-43(16-20-57(60)116)69(98)87(126)101-55(86(125)103-71)26-42-15-21-58(133-62)53(96)25-42/h15-22,25,27-36,40,55,64-66,69-84,93-95,109-111,113-116,118-124H,6-14,23-24,26,37-39,98H2,1-5H3,(H,99,127)(H,100,112)(H,101,126)(H,102,117)(H,103,125)(H,104,130)(H,105,129)(H,106,131)(H,107,128)/t55-,64+,65+,66-,69-,70-,71+,72-,73+,74+,75+,76+,77-,78-,79-,80-,81-,82-,83+,84-,93+,94+,95+/m1/s1. The number of aliphatic hydroxyl groups excluding tert-OH is 10. The maximum Gasteiger partial charge on any atom is 0.248 e. The number of nitrogens with two attached hydrogens (primary N) is 1. The fourth-order valence-corrected chi connectivity index (χ4v) is 18.0. The quantitative estimate of drug-likeness (QED) is 0.0363. The van der Waals surface area contributed by atoms with Crippen LogP contribution in [0.15, 0.2) is 115 Å². The molecular formula is C95H113Cl2N11O32. The lowest BCUT2D eigenvalue weighted by atomic mass is 9.89. The number of fused-ring (bicyclic) bond motifs is 14. The first-order valence-corrected chi connectivity index (χ1v) is 46.3. The number of amides is 9. The van der Waals surface area contributed by atoms with Crippen LogP contribution in [0.1, 0.15) is 154 Å². The van der Waals surface area contributed by atoms with Gasteiger partial charge in [-0.1, -0.05) is 93.4 Å². The van der Waals surface area contributed by atoms with Gasteiger partial charge in [-0.15, -0.1) is 0 Å². The molecule has 754 valence electrons. The Labute approximate surface area is 810 Å². The molecule has 45 heteroatoms. The molecule has 0 radical (unpaired) electrons. The van der Waals surface area contributed by atoms with Gasteiger partial charge in [0.2, 0.25) is 71.5 Å². The average molecular weight is 1990 g/mol. The number of ether oxygens (including phenoxy) is 9. The summed E-state index contributed by atoms with van der Waals surface area (Å²) in [6.45, 7) is 2.55. The number of hydrogen-bond acceptors (Lipinski definition) is 34. The lowest BCUT2D eigenvalue weighted by Gasteiger charge is -2.44. The molecule has 0 aliphatic carbocycles. The van der Waals surface area contributed by atoms with Gasteiger partial charge in [0.05, 0.1) is 29.9 Å². The van der Waals surface area contributed by atoms with Gasteiger partial charge in [-0.2, -0.15) is 0 Å². The van der Waals surface area contributed by atoms with Crippen molar-refractivity contribution in [1.29, 1.82) is 0 Å². The monoisotopic (exact) mass is 1990 g/mol. The number of carbonyl (C=O) groups excluding carboxylic acids is 9. The number of benzene rings is 7. The summed E-state index contributed by atoms with van der Waals surface area (Å²) in [6, 6.07) is 2.04. The highest BCUT2D eigenvalue weighted by atomic mass is 35.5. The van der Waals surface area contributed by atoms with E-state index in [0.29, 0.717) is 38.1 Å². The van der Waals surface area contributed by atoms with Crippen molar-refractivity contribution in [3.05, 3.63) is 164 Å². The Hall–Kier alpha value is -12.1. The highest BCUT2D eigenvalue weighted by Gasteiger charge is 2.53. The molecule has 9 aliphatic heterocycles. The average Bonchev–Trinajstić information content (AvgIpc) is 0.749. The van der Waals surface area contributed by atoms with E-state index in [-0.39, 0.29) is 63.9 Å². The van der Waals surface area contributed by atoms with Crippen LogP contribution in [-0.4, -0.2) is 281 Å². The summed E-state index contributed by atoms with van der Waals surface area (Å²) < 4.78 is 58.3. The molecule has 43 nitrogen and oxygen atoms in total. The Balaban J connectivity index is 1.04. The van der Waals surface area contributed by atoms with Crippen LogP contribution in [0.5, 0.6) is 69.0 Å². The van der Waals surface area contributed by atoms with E-state index >= 15 is 28.8 Å². The number of rotatable bonds is 25. The zero-order chi connectivity index (χ0) is 101. The maximum absolute atomic E-state index is 17.2. The predicted octanol–water partition coefficient (Wildman–Crippen LogP) is 1.78. The second kappa shape index (κ2) is 45.2. The molecule has 7 aromatic carbocycles. The minimum Gasteiger partial charge on any atom is -0.508 e. The number of phenols is 4. The molecule has 0 aromatic heterocycles. The SMILES string of the molecule is CC(=O)N[C@@H]1[C@H](O[C@@H]2c3ccc(c(Cl)c3)Oc3cc4cc(c3O[C@@H]3O[C@@H](CO)[C@@H](O)[C@H](O)[C@@H]3NC(=O)CCCCCCC(C)C)Oc3ccc(cc3Cl)C[C@H]3NC(=O)[C@H](N)c5ccc(O)c(c5)Oc5cc(O)cc(c5)[C@H](NC3=O)C(=O)N[C@H]4C(=O)N[C@H]3C(=O)N[C@@H]2C(=O)N[C@H](C(=O)NCCCCCN(C)C)c2cc(O)cc(O[C@H]4O[C@H](CO)[C@@H](O)[C@@H](O)[C@@H]4O)c2-c2cc3ccc2O)O[C@@H](CO)[C@@H](O)[C@@H]1O. The van der Waals surface area contributed by atoms with E-state index in [1.165, 1.54) is 36.4 Å². The van der Waals surface area contributed by atoms with Gasteiger partial charge in [-0.25, -0.2) is 0 Å². The smallest absolute Gasteiger partial charge is 0.248 e. The molecule has 0 spiro atoms. The third-order valence-electron chi connectivity index (χ3n) is 25.0. The number of nitrogens with zero attached hydrogens (tertiary/aromatic N) is 1. The number of phenolic OH excluding ortho intramolecular Hbond substituents is 4. The van der Waals surface area contributed by atoms with E-state index in [4.69, 9.17) is 71.6 Å². The van der Waals surface area contributed by atoms with Gasteiger partial charge in [0.15, 0.2) is 29.3 Å². The van der Waals surface area contributed by atoms with Crippen LogP contribution in [0.3, 0.4) is 0 Å². The lowest BCUT2D eigenvalue weighted by molar-refractivity contribution is -0.284. The number of unbranched alkanes of at least 4 members (excludes halogenated alkanes) is 5. The van der Waals surface area contributed by atoms with Gasteiger partial charge >= 0.3 is 0 Å². The zero-order valence-corrected chi connectivity index (χ0v) is 77.8. The van der Waals surface area contributed by atoms with Crippen LogP contribution in [0.2, 0.25) is 10.0 Å². The van der Waals surface area contributed by atoms with Crippen LogP contribution in [0.4, 0.5) is 0 Å². The van der Waals surface area contributed by atoms with Crippen molar-refractivity contribution in [2.24, 2.45) is 11.7 Å². The largest absolute Gasteiger partial charge is 0.508 e. The zero-order valence-electron chi connectivity index (χ0n) is 76.3. The molecule has 3 fully saturated rings. The Bertz CT molecular complexity index is 5750. The van der Waals surface area contributed by atoms with E-state index in [2.05, 4.69) is 61.7 Å². The molecule has 23 atom stereocenters. The van der Waals surface area contributed by atoms with Gasteiger partial charge in [0.1, 0.15) is 162 Å². The molecule has 140 heavy (non-hydrogen) atoms. The lowest BCUT2D eigenvalue weighted by Crippen LogP contribution is -2.65. The topological polar surface area (TPSA) is 657 Å². The van der Waals surface area contributed by atoms with E-state index in [1.807, 2.05) is 19.0 Å². The molecule has 9 aliphatic rings. The molecule has 0 unspecified atom stereocenters. The number of aromatic hydroxyl groups is 4. The van der Waals surface area contributed by atoms with Gasteiger partial charge in [0, 0.05) is 49.6 Å². The minimum atomic E-state index is -2.52. The summed E-state index contributed by atoms with van der Waals surface area (Å²) in [5.41, 5.74) is 3.47. The maximum atomic E-state index is 17.2. The Morgan fingerprint density at radius 2 is 1.07 bits per heavy atom. The van der Waals surface area contributed by atoms with Crippen molar-refractivity contribution in [3.63, 3.8) is 0 Å². The van der Waals surface area contributed by atoms with Crippen molar-refractivity contribution in [1.82, 2.24) is 52.8 Å². The highest BCUT2D eigenvalue weighted by Crippen LogP contribution is 2.51. The predicted molar refractivity (Wildman–Crippen MR) is 491 cm³/mol. The number of hydrogen-bond donors (Lipinski definition) is 24. The second-order valence-corrected chi connectivity index (χ2v) is 36.8. The summed E-state index contributed by atoms with van der Waals surface area (Å²) in [6.07, 6.45) is -24.2. The first-order valence-electron chi connectivity index (χ1n) is 45.5. The van der Waals surface area contributed by atoms with Gasteiger partial charge in [0.25, 0.3) is 0 Å². The van der Waals surface area contributed by atoms with Crippen LogP contribution < -0.4 is 77.3 Å². The Morgan fingerprint density at radius 3 is 1.71 bits per heavy atom. The summed E-state index contributed by atoms with van der Waals surface area (Å²) in [5.74, 6) is -17.5. The Morgan fingerprint density at radius 1 is 0.507 bits per heavy atom. The van der Waals surface area contributed by atoms with Crippen LogP contribution in [-0.2, 0) is 68.5 Å². The number of aliphatic hydroxyl groups is 10. The second-order valence-electron chi connectivity index (χ2n) is 36.0. The summed E-state index contributed by atoms with van der Waals surface area (Å²) in [7, 11) is 3.70. The first-order chi connectivity index (χ1) is 66.8. The molecule has 16 rings (SSSR count). The molecule has 0 saturated carbocycles. The van der Waals surface area contributed by atoms with Crippen LogP contribution in [0.25, 0.3) is 11.1 Å². The molecule has 9 amide bonds. The van der Waals surface area contributed by atoms with Gasteiger partial charge < -0.3 is 173 Å². The third-order valence-corrected chi connectivity index (χ3v) is 25.6. The fraction of sp³-hybridized carbons (Fsp3) is 0.463. The van der Waals surface area contributed by atoms with Gasteiger partial charge in [-0.3, -0.25) is 43.2 Å². The molecule has 7 aromatic rings. The van der Waals surface area contributed by atoms with Crippen LogP contribution in [0, 0.1) is 5.92 Å². The molecule has 9 heterocycles. The fourth-order valence-electron chi connectivity index (χ4n) is 17.5. The molecule has 25 N–H and O–H groups in total. The van der Waals surface area contributed by atoms with E-state index in [0.717, 1.165) is 105 Å². The third kappa shape index (κ3) is 23.7.